The summed E-state index contributed by atoms with van der Waals surface area (Å²) >= 11 is 5.62. The van der Waals surface area contributed by atoms with Crippen LogP contribution in [0.2, 0.25) is 5.02 Å². The van der Waals surface area contributed by atoms with Crippen LogP contribution in [0.5, 0.6) is 5.75 Å². The SMILES string of the molecule is COc1c(Cl)cncc1C(=O)O. The Morgan fingerprint density at radius 3 is 2.75 bits per heavy atom. The van der Waals surface area contributed by atoms with Crippen LogP contribution < -0.4 is 4.74 Å². The molecule has 0 fully saturated rings. The van der Waals surface area contributed by atoms with Gasteiger partial charge in [0.05, 0.1) is 7.11 Å². The van der Waals surface area contributed by atoms with E-state index in [0.29, 0.717) is 0 Å². The third-order valence-corrected chi connectivity index (χ3v) is 1.56. The summed E-state index contributed by atoms with van der Waals surface area (Å²) in [6, 6.07) is 0. The van der Waals surface area contributed by atoms with E-state index >= 15 is 0 Å². The first-order chi connectivity index (χ1) is 5.66. The Morgan fingerprint density at radius 1 is 1.67 bits per heavy atom. The van der Waals surface area contributed by atoms with E-state index in [1.807, 2.05) is 0 Å². The molecular weight excluding hydrogens is 182 g/mol. The molecule has 1 rings (SSSR count). The number of aromatic nitrogens is 1. The van der Waals surface area contributed by atoms with E-state index in [2.05, 4.69) is 4.98 Å². The van der Waals surface area contributed by atoms with Crippen molar-refractivity contribution in [3.8, 4) is 5.75 Å². The molecule has 0 aromatic carbocycles. The number of ether oxygens (including phenoxy) is 1. The van der Waals surface area contributed by atoms with Gasteiger partial charge >= 0.3 is 5.97 Å². The maximum Gasteiger partial charge on any atom is 0.341 e. The lowest BCUT2D eigenvalue weighted by molar-refractivity contribution is 0.0693. The lowest BCUT2D eigenvalue weighted by Gasteiger charge is -2.04. The highest BCUT2D eigenvalue weighted by Gasteiger charge is 2.13. The molecule has 0 radical (unpaired) electrons. The first kappa shape index (κ1) is 8.80. The molecule has 1 aromatic rings. The zero-order chi connectivity index (χ0) is 9.14. The monoisotopic (exact) mass is 187 g/mol. The Balaban J connectivity index is 3.27. The van der Waals surface area contributed by atoms with Crippen molar-refractivity contribution in [2.75, 3.05) is 7.11 Å². The molecule has 0 atom stereocenters. The molecule has 0 aliphatic rings. The van der Waals surface area contributed by atoms with Crippen LogP contribution in [0.4, 0.5) is 0 Å². The van der Waals surface area contributed by atoms with Crippen LogP contribution in [0.25, 0.3) is 0 Å². The first-order valence-electron chi connectivity index (χ1n) is 3.07. The summed E-state index contributed by atoms with van der Waals surface area (Å²) < 4.78 is 4.78. The van der Waals surface area contributed by atoms with Crippen molar-refractivity contribution in [2.24, 2.45) is 0 Å². The van der Waals surface area contributed by atoms with Crippen molar-refractivity contribution < 1.29 is 14.6 Å². The molecule has 0 spiro atoms. The number of methoxy groups -OCH3 is 1. The van der Waals surface area contributed by atoms with E-state index < -0.39 is 5.97 Å². The molecule has 0 bridgehead atoms. The summed E-state index contributed by atoms with van der Waals surface area (Å²) in [5, 5.41) is 8.83. The summed E-state index contributed by atoms with van der Waals surface area (Å²) in [6.45, 7) is 0. The lowest BCUT2D eigenvalue weighted by Crippen LogP contribution is -2.01. The van der Waals surface area contributed by atoms with Crippen LogP contribution in [-0.2, 0) is 0 Å². The van der Waals surface area contributed by atoms with Crippen molar-refractivity contribution in [1.82, 2.24) is 4.98 Å². The molecule has 1 N–H and O–H groups in total. The van der Waals surface area contributed by atoms with E-state index in [-0.39, 0.29) is 16.3 Å². The van der Waals surface area contributed by atoms with Gasteiger partial charge in [-0.3, -0.25) is 4.98 Å². The predicted octanol–water partition coefficient (Wildman–Crippen LogP) is 1.44. The smallest absolute Gasteiger partial charge is 0.341 e. The summed E-state index contributed by atoms with van der Waals surface area (Å²) in [6.07, 6.45) is 2.51. The average molecular weight is 188 g/mol. The Kier molecular flexibility index (Phi) is 2.50. The highest BCUT2D eigenvalue weighted by molar-refractivity contribution is 6.32. The second kappa shape index (κ2) is 3.40. The fourth-order valence-corrected chi connectivity index (χ4v) is 1.02. The number of hydrogen-bond donors (Lipinski definition) is 1. The van der Waals surface area contributed by atoms with Gasteiger partial charge in [0.2, 0.25) is 0 Å². The Morgan fingerprint density at radius 2 is 2.33 bits per heavy atom. The van der Waals surface area contributed by atoms with Gasteiger partial charge in [-0.15, -0.1) is 0 Å². The second-order valence-electron chi connectivity index (χ2n) is 2.01. The number of pyridine rings is 1. The summed E-state index contributed by atoms with van der Waals surface area (Å²) in [4.78, 5) is 14.2. The molecule has 0 unspecified atom stereocenters. The highest BCUT2D eigenvalue weighted by atomic mass is 35.5. The molecular formula is C7H6ClNO3. The van der Waals surface area contributed by atoms with Crippen LogP contribution in [0.3, 0.4) is 0 Å². The quantitative estimate of drug-likeness (QED) is 0.761. The number of carbonyl (C=O) groups is 1. The molecule has 0 saturated heterocycles. The summed E-state index contributed by atoms with van der Waals surface area (Å²) in [7, 11) is 1.35. The fraction of sp³-hybridized carbons (Fsp3) is 0.143. The van der Waals surface area contributed by atoms with Crippen LogP contribution in [0, 0.1) is 0 Å². The molecule has 0 aliphatic carbocycles. The third kappa shape index (κ3) is 1.48. The van der Waals surface area contributed by atoms with Crippen LogP contribution in [-0.4, -0.2) is 23.2 Å². The molecule has 0 aliphatic heterocycles. The third-order valence-electron chi connectivity index (χ3n) is 1.29. The van der Waals surface area contributed by atoms with Gasteiger partial charge in [0.25, 0.3) is 0 Å². The average Bonchev–Trinajstić information content (AvgIpc) is 2.03. The van der Waals surface area contributed by atoms with Gasteiger partial charge in [0.15, 0.2) is 5.75 Å². The summed E-state index contributed by atoms with van der Waals surface area (Å²) in [5.74, 6) is -0.971. The minimum absolute atomic E-state index is 0.0370. The standard InChI is InChI=1S/C7H6ClNO3/c1-12-6-4(7(10)11)2-9-3-5(6)8/h2-3H,1H3,(H,10,11). The Labute approximate surface area is 73.8 Å². The van der Waals surface area contributed by atoms with E-state index in [1.54, 1.807) is 0 Å². The van der Waals surface area contributed by atoms with Crippen molar-refractivity contribution in [1.29, 1.82) is 0 Å². The van der Waals surface area contributed by atoms with Crippen LogP contribution >= 0.6 is 11.6 Å². The van der Waals surface area contributed by atoms with E-state index in [0.717, 1.165) is 0 Å². The highest BCUT2D eigenvalue weighted by Crippen LogP contribution is 2.26. The van der Waals surface area contributed by atoms with Gasteiger partial charge in [-0.1, -0.05) is 11.6 Å². The van der Waals surface area contributed by atoms with Crippen molar-refractivity contribution in [3.05, 3.63) is 23.0 Å². The maximum absolute atomic E-state index is 10.6. The number of nitrogens with zero attached hydrogens (tertiary/aromatic N) is 1. The van der Waals surface area contributed by atoms with Gasteiger partial charge in [-0.05, 0) is 0 Å². The van der Waals surface area contributed by atoms with Gasteiger partial charge in [-0.25, -0.2) is 4.79 Å². The molecule has 1 aromatic heterocycles. The molecule has 4 nitrogen and oxygen atoms in total. The zero-order valence-corrected chi connectivity index (χ0v) is 7.00. The van der Waals surface area contributed by atoms with Crippen LogP contribution in [0.15, 0.2) is 12.4 Å². The fourth-order valence-electron chi connectivity index (χ4n) is 0.783. The maximum atomic E-state index is 10.6. The number of rotatable bonds is 2. The molecule has 1 heterocycles. The number of carboxylic acids is 1. The van der Waals surface area contributed by atoms with Gasteiger partial charge in [0.1, 0.15) is 10.6 Å². The molecule has 0 saturated carbocycles. The number of carboxylic acid groups (broad SMARTS) is 1. The number of halogens is 1. The lowest BCUT2D eigenvalue weighted by atomic mass is 10.2. The molecule has 0 amide bonds. The topological polar surface area (TPSA) is 59.4 Å². The summed E-state index contributed by atoms with van der Waals surface area (Å²) in [5.41, 5.74) is -0.0370. The molecule has 5 heteroatoms. The molecule has 12 heavy (non-hydrogen) atoms. The van der Waals surface area contributed by atoms with E-state index in [4.69, 9.17) is 21.4 Å². The minimum atomic E-state index is -1.11. The van der Waals surface area contributed by atoms with Gasteiger partial charge in [0, 0.05) is 12.4 Å². The largest absolute Gasteiger partial charge is 0.494 e. The van der Waals surface area contributed by atoms with E-state index in [1.165, 1.54) is 19.5 Å². The number of aromatic carboxylic acids is 1. The van der Waals surface area contributed by atoms with Crippen molar-refractivity contribution >= 4 is 17.6 Å². The Bertz CT molecular complexity index is 314. The Hall–Kier alpha value is -1.29. The van der Waals surface area contributed by atoms with Crippen molar-refractivity contribution in [3.63, 3.8) is 0 Å². The number of hydrogen-bond acceptors (Lipinski definition) is 3. The van der Waals surface area contributed by atoms with Crippen molar-refractivity contribution in [2.45, 2.75) is 0 Å². The predicted molar refractivity (Wildman–Crippen MR) is 42.8 cm³/mol. The first-order valence-corrected chi connectivity index (χ1v) is 3.45. The minimum Gasteiger partial charge on any atom is -0.494 e. The van der Waals surface area contributed by atoms with Crippen LogP contribution in [0.1, 0.15) is 10.4 Å². The van der Waals surface area contributed by atoms with E-state index in [9.17, 15) is 4.79 Å². The zero-order valence-electron chi connectivity index (χ0n) is 6.24. The van der Waals surface area contributed by atoms with Gasteiger partial charge in [-0.2, -0.15) is 0 Å². The second-order valence-corrected chi connectivity index (χ2v) is 2.41. The normalized spacial score (nSPS) is 9.50. The molecule has 64 valence electrons. The van der Waals surface area contributed by atoms with Gasteiger partial charge < -0.3 is 9.84 Å².